The van der Waals surface area contributed by atoms with Gasteiger partial charge in [-0.3, -0.25) is 9.59 Å². The molecule has 0 bridgehead atoms. The maximum atomic E-state index is 12.3. The minimum absolute atomic E-state index is 0.104. The van der Waals surface area contributed by atoms with E-state index in [2.05, 4.69) is 10.6 Å². The van der Waals surface area contributed by atoms with Crippen LogP contribution in [0.3, 0.4) is 0 Å². The Morgan fingerprint density at radius 3 is 2.37 bits per heavy atom. The zero-order valence-corrected chi connectivity index (χ0v) is 17.3. The Morgan fingerprint density at radius 2 is 1.70 bits per heavy atom. The first-order valence-electron chi connectivity index (χ1n) is 8.68. The smallest absolute Gasteiger partial charge is 0.279 e. The molecule has 2 atom stereocenters. The second kappa shape index (κ2) is 10.3. The van der Waals surface area contributed by atoms with Crippen LogP contribution in [0.25, 0.3) is 0 Å². The topological polar surface area (TPSA) is 62.6 Å². The standard InChI is InChI=1S/C20H24ClN3O2S/c1-14(15-8-10-16(21)11-9-15)22-19(25)12-24(2)13-20(26)23-17-6-4-5-7-18(17)27-3/h4-11,14H,12-13H2,1-3H3,(H,22,25)(H,23,26)/p+1/t14-/m0/s1. The molecule has 0 aliphatic heterocycles. The summed E-state index contributed by atoms with van der Waals surface area (Å²) in [5, 5.41) is 6.53. The van der Waals surface area contributed by atoms with Crippen LogP contribution in [0.4, 0.5) is 5.69 Å². The number of thioether (sulfide) groups is 1. The van der Waals surface area contributed by atoms with Crippen molar-refractivity contribution in [3.63, 3.8) is 0 Å². The summed E-state index contributed by atoms with van der Waals surface area (Å²) < 4.78 is 0. The zero-order valence-electron chi connectivity index (χ0n) is 15.7. The van der Waals surface area contributed by atoms with Gasteiger partial charge in [-0.15, -0.1) is 11.8 Å². The fourth-order valence-corrected chi connectivity index (χ4v) is 3.36. The van der Waals surface area contributed by atoms with Gasteiger partial charge >= 0.3 is 0 Å². The third-order valence-electron chi connectivity index (χ3n) is 4.05. The van der Waals surface area contributed by atoms with E-state index < -0.39 is 0 Å². The summed E-state index contributed by atoms with van der Waals surface area (Å²) >= 11 is 7.47. The van der Waals surface area contributed by atoms with Crippen molar-refractivity contribution in [3.05, 3.63) is 59.1 Å². The van der Waals surface area contributed by atoms with Gasteiger partial charge in [0.1, 0.15) is 0 Å². The fraction of sp³-hybridized carbons (Fsp3) is 0.300. The first-order chi connectivity index (χ1) is 12.9. The highest BCUT2D eigenvalue weighted by atomic mass is 35.5. The van der Waals surface area contributed by atoms with E-state index in [1.807, 2.05) is 56.6 Å². The van der Waals surface area contributed by atoms with Crippen LogP contribution in [-0.4, -0.2) is 38.2 Å². The lowest BCUT2D eigenvalue weighted by atomic mass is 10.1. The van der Waals surface area contributed by atoms with Crippen LogP contribution in [0.2, 0.25) is 5.02 Å². The molecule has 2 aromatic carbocycles. The van der Waals surface area contributed by atoms with E-state index in [1.54, 1.807) is 23.9 Å². The van der Waals surface area contributed by atoms with E-state index in [0.717, 1.165) is 21.0 Å². The second-order valence-electron chi connectivity index (χ2n) is 6.40. The van der Waals surface area contributed by atoms with Crippen molar-refractivity contribution in [1.82, 2.24) is 5.32 Å². The maximum absolute atomic E-state index is 12.3. The van der Waals surface area contributed by atoms with E-state index in [-0.39, 0.29) is 30.9 Å². The minimum Gasteiger partial charge on any atom is -0.345 e. The van der Waals surface area contributed by atoms with Crippen molar-refractivity contribution < 1.29 is 14.5 Å². The predicted octanol–water partition coefficient (Wildman–Crippen LogP) is 2.39. The van der Waals surface area contributed by atoms with E-state index in [9.17, 15) is 9.59 Å². The van der Waals surface area contributed by atoms with Crippen molar-refractivity contribution in [2.45, 2.75) is 17.9 Å². The molecule has 0 saturated carbocycles. The number of likely N-dealkylation sites (N-methyl/N-ethyl adjacent to an activating group) is 1. The van der Waals surface area contributed by atoms with E-state index in [4.69, 9.17) is 11.6 Å². The van der Waals surface area contributed by atoms with Crippen molar-refractivity contribution in [1.29, 1.82) is 0 Å². The predicted molar refractivity (Wildman–Crippen MR) is 111 cm³/mol. The van der Waals surface area contributed by atoms with Crippen LogP contribution < -0.4 is 15.5 Å². The number of halogens is 1. The normalized spacial score (nSPS) is 12.9. The summed E-state index contributed by atoms with van der Waals surface area (Å²) in [6, 6.07) is 14.9. The number of hydrogen-bond acceptors (Lipinski definition) is 3. The fourth-order valence-electron chi connectivity index (χ4n) is 2.68. The van der Waals surface area contributed by atoms with E-state index in [0.29, 0.717) is 5.02 Å². The summed E-state index contributed by atoms with van der Waals surface area (Å²) in [7, 11) is 1.83. The first kappa shape index (κ1) is 21.3. The van der Waals surface area contributed by atoms with Crippen LogP contribution in [0, 0.1) is 0 Å². The molecule has 2 aromatic rings. The van der Waals surface area contributed by atoms with Gasteiger partial charge in [-0.2, -0.15) is 0 Å². The van der Waals surface area contributed by atoms with Crippen molar-refractivity contribution >= 4 is 40.9 Å². The molecule has 0 fully saturated rings. The molecular formula is C20H25ClN3O2S+. The largest absolute Gasteiger partial charge is 0.345 e. The molecule has 0 heterocycles. The van der Waals surface area contributed by atoms with Gasteiger partial charge in [0.05, 0.1) is 18.8 Å². The lowest BCUT2D eigenvalue weighted by Gasteiger charge is -2.17. The molecule has 0 spiro atoms. The molecule has 0 aliphatic carbocycles. The van der Waals surface area contributed by atoms with Crippen molar-refractivity contribution in [2.24, 2.45) is 0 Å². The Kier molecular flexibility index (Phi) is 8.16. The maximum Gasteiger partial charge on any atom is 0.279 e. The summed E-state index contributed by atoms with van der Waals surface area (Å²) in [6.45, 7) is 2.35. The number of para-hydroxylation sites is 1. The number of rotatable bonds is 8. The van der Waals surface area contributed by atoms with E-state index in [1.165, 1.54) is 0 Å². The number of quaternary nitrogens is 1. The molecule has 1 unspecified atom stereocenters. The number of nitrogens with one attached hydrogen (secondary N) is 3. The molecule has 0 radical (unpaired) electrons. The second-order valence-corrected chi connectivity index (χ2v) is 7.68. The van der Waals surface area contributed by atoms with Crippen LogP contribution in [-0.2, 0) is 9.59 Å². The highest BCUT2D eigenvalue weighted by Gasteiger charge is 2.17. The van der Waals surface area contributed by atoms with E-state index >= 15 is 0 Å². The van der Waals surface area contributed by atoms with Gasteiger partial charge in [0.25, 0.3) is 11.8 Å². The van der Waals surface area contributed by atoms with Crippen molar-refractivity contribution in [3.8, 4) is 0 Å². The lowest BCUT2D eigenvalue weighted by molar-refractivity contribution is -0.862. The highest BCUT2D eigenvalue weighted by Crippen LogP contribution is 2.24. The molecule has 144 valence electrons. The van der Waals surface area contributed by atoms with Crippen LogP contribution in [0.5, 0.6) is 0 Å². The Balaban J connectivity index is 1.81. The molecule has 7 heteroatoms. The number of carbonyl (C=O) groups excluding carboxylic acids is 2. The Labute approximate surface area is 169 Å². The minimum atomic E-state index is -0.121. The van der Waals surface area contributed by atoms with Gasteiger partial charge in [0.15, 0.2) is 13.1 Å². The highest BCUT2D eigenvalue weighted by molar-refractivity contribution is 7.98. The first-order valence-corrected chi connectivity index (χ1v) is 10.3. The molecular weight excluding hydrogens is 382 g/mol. The zero-order chi connectivity index (χ0) is 19.8. The number of hydrogen-bond donors (Lipinski definition) is 3. The molecule has 3 N–H and O–H groups in total. The van der Waals surface area contributed by atoms with Gasteiger partial charge in [-0.25, -0.2) is 0 Å². The SMILES string of the molecule is CSc1ccccc1NC(=O)C[NH+](C)CC(=O)N[C@@H](C)c1ccc(Cl)cc1. The van der Waals surface area contributed by atoms with Crippen LogP contribution in [0.15, 0.2) is 53.4 Å². The van der Waals surface area contributed by atoms with Gasteiger partial charge in [0, 0.05) is 9.92 Å². The summed E-state index contributed by atoms with van der Waals surface area (Å²) in [4.78, 5) is 26.3. The summed E-state index contributed by atoms with van der Waals surface area (Å²) in [5.74, 6) is -0.222. The van der Waals surface area contributed by atoms with Gasteiger partial charge in [0.2, 0.25) is 0 Å². The Morgan fingerprint density at radius 1 is 1.07 bits per heavy atom. The summed E-state index contributed by atoms with van der Waals surface area (Å²) in [6.07, 6.45) is 1.97. The Bertz CT molecular complexity index is 783. The summed E-state index contributed by atoms with van der Waals surface area (Å²) in [5.41, 5.74) is 1.78. The van der Waals surface area contributed by atoms with Gasteiger partial charge in [-0.1, -0.05) is 35.9 Å². The van der Waals surface area contributed by atoms with Crippen molar-refractivity contribution in [2.75, 3.05) is 31.7 Å². The molecule has 2 rings (SSSR count). The molecule has 0 aromatic heterocycles. The number of benzene rings is 2. The lowest BCUT2D eigenvalue weighted by Crippen LogP contribution is -3.11. The van der Waals surface area contributed by atoms with Crippen LogP contribution >= 0.6 is 23.4 Å². The number of anilines is 1. The quantitative estimate of drug-likeness (QED) is 0.590. The monoisotopic (exact) mass is 406 g/mol. The molecule has 0 aliphatic rings. The van der Waals surface area contributed by atoms with Gasteiger partial charge < -0.3 is 15.5 Å². The Hall–Kier alpha value is -2.02. The van der Waals surface area contributed by atoms with Crippen LogP contribution in [0.1, 0.15) is 18.5 Å². The number of amides is 2. The number of carbonyl (C=O) groups is 2. The average molecular weight is 407 g/mol. The molecule has 0 saturated heterocycles. The van der Waals surface area contributed by atoms with Gasteiger partial charge in [-0.05, 0) is 43.0 Å². The molecule has 27 heavy (non-hydrogen) atoms. The third kappa shape index (κ3) is 6.90. The average Bonchev–Trinajstić information content (AvgIpc) is 2.62. The third-order valence-corrected chi connectivity index (χ3v) is 5.10. The molecule has 2 amide bonds. The molecule has 5 nitrogen and oxygen atoms in total.